The lowest BCUT2D eigenvalue weighted by molar-refractivity contribution is -0.138. The Hall–Kier alpha value is -4.31. The number of esters is 3. The van der Waals surface area contributed by atoms with Gasteiger partial charge in [0.1, 0.15) is 23.4 Å². The molecule has 0 aromatic heterocycles. The zero-order valence-electron chi connectivity index (χ0n) is 25.1. The first kappa shape index (κ1) is 34.2. The molecule has 2 aromatic carbocycles. The number of carbonyl (C=O) groups is 3. The number of hydrogen-bond donors (Lipinski definition) is 0. The highest BCUT2D eigenvalue weighted by Crippen LogP contribution is 2.29. The van der Waals surface area contributed by atoms with Crippen LogP contribution < -0.4 is 14.2 Å². The summed E-state index contributed by atoms with van der Waals surface area (Å²) in [7, 11) is 0. The number of rotatable bonds is 20. The van der Waals surface area contributed by atoms with Gasteiger partial charge < -0.3 is 33.2 Å². The quantitative estimate of drug-likeness (QED) is 0.0595. The van der Waals surface area contributed by atoms with E-state index >= 15 is 0 Å². The zero-order valence-corrected chi connectivity index (χ0v) is 25.1. The molecule has 0 unspecified atom stereocenters. The molecule has 0 amide bonds. The minimum atomic E-state index is -0.455. The largest absolute Gasteiger partial charge is 0.493 e. The summed E-state index contributed by atoms with van der Waals surface area (Å²) in [4.78, 5) is 34.6. The Bertz CT molecular complexity index is 1170. The molecule has 0 radical (unpaired) electrons. The maximum absolute atomic E-state index is 12.6. The summed E-state index contributed by atoms with van der Waals surface area (Å²) in [5.41, 5.74) is 0.485. The Labute approximate surface area is 258 Å². The van der Waals surface area contributed by atoms with Gasteiger partial charge in [0.25, 0.3) is 0 Å². The summed E-state index contributed by atoms with van der Waals surface area (Å²) in [6.07, 6.45) is 7.87. The van der Waals surface area contributed by atoms with Crippen LogP contribution in [0.1, 0.15) is 55.3 Å². The third-order valence-corrected chi connectivity index (χ3v) is 6.90. The molecule has 0 spiro atoms. The molecule has 0 bridgehead atoms. The Balaban J connectivity index is 1.21. The van der Waals surface area contributed by atoms with Crippen molar-refractivity contribution in [1.29, 1.82) is 0 Å². The summed E-state index contributed by atoms with van der Waals surface area (Å²) in [5, 5.41) is 0. The highest BCUT2D eigenvalue weighted by atomic mass is 16.7. The second-order valence-corrected chi connectivity index (χ2v) is 10.2. The van der Waals surface area contributed by atoms with Crippen LogP contribution in [0.4, 0.5) is 0 Å². The second-order valence-electron chi connectivity index (χ2n) is 10.2. The standard InChI is InChI=1S/C34H42O10/c1-3-32(35)41-22-5-20-39-28-13-9-27(10-14-28)34(37)44-31-11-7-26(8-12-31)19-24-38-25-43-30-17-15-29(16-18-30)40-21-6-23-42-33(36)4-2/h3-4,9-10,13-18,26,31H,1-2,5-8,11-12,19-25H2. The first-order chi connectivity index (χ1) is 21.5. The lowest BCUT2D eigenvalue weighted by Crippen LogP contribution is -2.25. The fourth-order valence-electron chi connectivity index (χ4n) is 4.46. The van der Waals surface area contributed by atoms with Gasteiger partial charge in [-0.1, -0.05) is 13.2 Å². The lowest BCUT2D eigenvalue weighted by Gasteiger charge is -2.28. The number of carbonyl (C=O) groups excluding carboxylic acids is 3. The molecule has 1 saturated carbocycles. The monoisotopic (exact) mass is 610 g/mol. The van der Waals surface area contributed by atoms with E-state index in [2.05, 4.69) is 13.2 Å². The third kappa shape index (κ3) is 13.3. The van der Waals surface area contributed by atoms with Gasteiger partial charge in [0.2, 0.25) is 0 Å². The smallest absolute Gasteiger partial charge is 0.338 e. The Kier molecular flexibility index (Phi) is 15.4. The van der Waals surface area contributed by atoms with Gasteiger partial charge in [-0.2, -0.15) is 0 Å². The molecule has 0 heterocycles. The van der Waals surface area contributed by atoms with Gasteiger partial charge in [-0.25, -0.2) is 14.4 Å². The van der Waals surface area contributed by atoms with Gasteiger partial charge >= 0.3 is 17.9 Å². The maximum atomic E-state index is 12.6. The Morgan fingerprint density at radius 3 is 1.68 bits per heavy atom. The molecule has 1 aliphatic carbocycles. The average molecular weight is 611 g/mol. The summed E-state index contributed by atoms with van der Waals surface area (Å²) in [6, 6.07) is 14.1. The van der Waals surface area contributed by atoms with Gasteiger partial charge in [0.05, 0.1) is 38.6 Å². The van der Waals surface area contributed by atoms with Crippen molar-refractivity contribution in [3.05, 3.63) is 79.4 Å². The predicted molar refractivity (Wildman–Crippen MR) is 163 cm³/mol. The molecule has 3 rings (SSSR count). The third-order valence-electron chi connectivity index (χ3n) is 6.90. The average Bonchev–Trinajstić information content (AvgIpc) is 3.05. The van der Waals surface area contributed by atoms with E-state index in [-0.39, 0.29) is 32.1 Å². The number of hydrogen-bond acceptors (Lipinski definition) is 10. The van der Waals surface area contributed by atoms with E-state index < -0.39 is 11.9 Å². The van der Waals surface area contributed by atoms with Crippen molar-refractivity contribution in [3.8, 4) is 17.2 Å². The van der Waals surface area contributed by atoms with Gasteiger partial charge in [-0.15, -0.1) is 0 Å². The first-order valence-corrected chi connectivity index (χ1v) is 14.9. The van der Waals surface area contributed by atoms with Crippen molar-refractivity contribution in [2.24, 2.45) is 5.92 Å². The Morgan fingerprint density at radius 2 is 1.16 bits per heavy atom. The molecule has 0 N–H and O–H groups in total. The summed E-state index contributed by atoms with van der Waals surface area (Å²) >= 11 is 0. The molecule has 0 aliphatic heterocycles. The second kappa shape index (κ2) is 19.8. The van der Waals surface area contributed by atoms with E-state index in [1.165, 1.54) is 0 Å². The number of ether oxygens (including phenoxy) is 7. The van der Waals surface area contributed by atoms with Crippen LogP contribution in [0.5, 0.6) is 17.2 Å². The molecule has 10 nitrogen and oxygen atoms in total. The molecular weight excluding hydrogens is 568 g/mol. The fraction of sp³-hybridized carbons (Fsp3) is 0.441. The van der Waals surface area contributed by atoms with Gasteiger partial charge in [-0.05, 0) is 86.6 Å². The van der Waals surface area contributed by atoms with Gasteiger partial charge in [0.15, 0.2) is 6.79 Å². The topological polar surface area (TPSA) is 116 Å². The van der Waals surface area contributed by atoms with E-state index in [9.17, 15) is 14.4 Å². The molecule has 0 atom stereocenters. The zero-order chi connectivity index (χ0) is 31.4. The van der Waals surface area contributed by atoms with E-state index in [0.717, 1.165) is 44.3 Å². The van der Waals surface area contributed by atoms with Crippen molar-refractivity contribution in [3.63, 3.8) is 0 Å². The van der Waals surface area contributed by atoms with Gasteiger partial charge in [0, 0.05) is 25.0 Å². The maximum Gasteiger partial charge on any atom is 0.338 e. The molecule has 1 fully saturated rings. The SMILES string of the molecule is C=CC(=O)OCCCOc1ccc(OCOCCC2CCC(OC(=O)c3ccc(OCCCOC(=O)C=C)cc3)CC2)cc1. The molecule has 1 aliphatic rings. The molecule has 0 saturated heterocycles. The predicted octanol–water partition coefficient (Wildman–Crippen LogP) is 5.84. The summed E-state index contributed by atoms with van der Waals surface area (Å²) < 4.78 is 38.1. The van der Waals surface area contributed by atoms with Crippen LogP contribution in [0.3, 0.4) is 0 Å². The van der Waals surface area contributed by atoms with Crippen LogP contribution in [-0.4, -0.2) is 63.8 Å². The minimum absolute atomic E-state index is 0.0843. The van der Waals surface area contributed by atoms with Crippen LogP contribution in [0.2, 0.25) is 0 Å². The number of benzene rings is 2. The highest BCUT2D eigenvalue weighted by Gasteiger charge is 2.24. The first-order valence-electron chi connectivity index (χ1n) is 14.9. The van der Waals surface area contributed by atoms with Crippen LogP contribution in [-0.2, 0) is 28.5 Å². The van der Waals surface area contributed by atoms with Crippen molar-refractivity contribution in [2.75, 3.05) is 39.8 Å². The van der Waals surface area contributed by atoms with E-state index in [4.69, 9.17) is 33.2 Å². The van der Waals surface area contributed by atoms with Crippen molar-refractivity contribution in [1.82, 2.24) is 0 Å². The molecule has 44 heavy (non-hydrogen) atoms. The molecule has 2 aromatic rings. The van der Waals surface area contributed by atoms with Gasteiger partial charge in [-0.3, -0.25) is 0 Å². The van der Waals surface area contributed by atoms with E-state index in [1.807, 2.05) is 24.3 Å². The van der Waals surface area contributed by atoms with Crippen LogP contribution in [0.15, 0.2) is 73.8 Å². The summed E-state index contributed by atoms with van der Waals surface area (Å²) in [6.45, 7) is 8.82. The van der Waals surface area contributed by atoms with Crippen LogP contribution in [0, 0.1) is 5.92 Å². The lowest BCUT2D eigenvalue weighted by atomic mass is 9.85. The minimum Gasteiger partial charge on any atom is -0.493 e. The molecule has 238 valence electrons. The van der Waals surface area contributed by atoms with Crippen LogP contribution in [0.25, 0.3) is 0 Å². The van der Waals surface area contributed by atoms with Crippen molar-refractivity contribution >= 4 is 17.9 Å². The van der Waals surface area contributed by atoms with E-state index in [0.29, 0.717) is 61.4 Å². The summed E-state index contributed by atoms with van der Waals surface area (Å²) in [5.74, 6) is 1.32. The van der Waals surface area contributed by atoms with Crippen LogP contribution >= 0.6 is 0 Å². The van der Waals surface area contributed by atoms with E-state index in [1.54, 1.807) is 24.3 Å². The van der Waals surface area contributed by atoms with Crippen molar-refractivity contribution in [2.45, 2.75) is 51.0 Å². The molecule has 10 heteroatoms. The van der Waals surface area contributed by atoms with Crippen molar-refractivity contribution < 1.29 is 47.5 Å². The normalized spacial score (nSPS) is 15.8. The highest BCUT2D eigenvalue weighted by molar-refractivity contribution is 5.89. The fourth-order valence-corrected chi connectivity index (χ4v) is 4.46. The Morgan fingerprint density at radius 1 is 0.659 bits per heavy atom. The molecular formula is C34H42O10.